The number of nitrogens with zero attached hydrogens (tertiary/aromatic N) is 2. The number of hydrogen-bond acceptors (Lipinski definition) is 2. The second-order valence-corrected chi connectivity index (χ2v) is 3.71. The third-order valence-electron chi connectivity index (χ3n) is 2.33. The van der Waals surface area contributed by atoms with Crippen molar-refractivity contribution in [2.75, 3.05) is 14.1 Å². The first kappa shape index (κ1) is 10.4. The number of pyridine rings is 1. The van der Waals surface area contributed by atoms with Crippen LogP contribution in [0.1, 0.15) is 5.56 Å². The first-order valence-corrected chi connectivity index (χ1v) is 5.00. The Kier molecular flexibility index (Phi) is 2.72. The molecule has 2 aromatic rings. The van der Waals surface area contributed by atoms with Crippen molar-refractivity contribution in [1.29, 1.82) is 0 Å². The van der Waals surface area contributed by atoms with E-state index in [0.717, 1.165) is 16.6 Å². The zero-order valence-corrected chi connectivity index (χ0v) is 9.27. The number of rotatable bonds is 2. The van der Waals surface area contributed by atoms with Gasteiger partial charge in [-0.3, -0.25) is 4.79 Å². The quantitative estimate of drug-likeness (QED) is 0.774. The average molecular weight is 215 g/mol. The fourth-order valence-electron chi connectivity index (χ4n) is 1.43. The number of carbonyl (C=O) groups excluding carboxylic acids is 1. The molecule has 0 unspecified atom stereocenters. The lowest BCUT2D eigenvalue weighted by molar-refractivity contribution is -0.123. The van der Waals surface area contributed by atoms with Gasteiger partial charge in [0.2, 0.25) is 5.91 Å². The number of amides is 1. The molecule has 2 aromatic heterocycles. The first-order valence-electron chi connectivity index (χ1n) is 5.00. The van der Waals surface area contributed by atoms with Crippen LogP contribution in [-0.4, -0.2) is 34.9 Å². The normalized spacial score (nSPS) is 11.1. The summed E-state index contributed by atoms with van der Waals surface area (Å²) in [6, 6.07) is 3.85. The van der Waals surface area contributed by atoms with Gasteiger partial charge in [0, 0.05) is 43.5 Å². The predicted octanol–water partition coefficient (Wildman–Crippen LogP) is 1.66. The molecule has 2 rings (SSSR count). The molecule has 1 N–H and O–H groups in total. The third kappa shape index (κ3) is 1.95. The van der Waals surface area contributed by atoms with Crippen LogP contribution in [0.3, 0.4) is 0 Å². The molecule has 0 aliphatic heterocycles. The van der Waals surface area contributed by atoms with E-state index in [1.807, 2.05) is 18.3 Å². The average Bonchev–Trinajstić information content (AvgIpc) is 2.69. The molecule has 1 amide bonds. The second-order valence-electron chi connectivity index (χ2n) is 3.71. The van der Waals surface area contributed by atoms with Crippen LogP contribution in [0.2, 0.25) is 0 Å². The van der Waals surface area contributed by atoms with Gasteiger partial charge in [0.15, 0.2) is 0 Å². The number of hydrogen-bond donors (Lipinski definition) is 1. The largest absolute Gasteiger partial charge is 0.346 e. The summed E-state index contributed by atoms with van der Waals surface area (Å²) >= 11 is 0. The highest BCUT2D eigenvalue weighted by atomic mass is 16.2. The SMILES string of the molecule is CN(C)C(=O)/C=C/c1c[nH]c2ncccc12. The van der Waals surface area contributed by atoms with Crippen LogP contribution < -0.4 is 0 Å². The number of aromatic amines is 1. The summed E-state index contributed by atoms with van der Waals surface area (Å²) in [4.78, 5) is 20.2. The van der Waals surface area contributed by atoms with E-state index in [1.54, 1.807) is 32.4 Å². The summed E-state index contributed by atoms with van der Waals surface area (Å²) in [6.45, 7) is 0. The molecule has 0 radical (unpaired) electrons. The summed E-state index contributed by atoms with van der Waals surface area (Å²) in [5, 5.41) is 1.02. The minimum absolute atomic E-state index is 0.0294. The minimum atomic E-state index is -0.0294. The summed E-state index contributed by atoms with van der Waals surface area (Å²) in [5.74, 6) is -0.0294. The van der Waals surface area contributed by atoms with E-state index in [-0.39, 0.29) is 5.91 Å². The fourth-order valence-corrected chi connectivity index (χ4v) is 1.43. The Labute approximate surface area is 93.6 Å². The molecule has 0 spiro atoms. The van der Waals surface area contributed by atoms with E-state index in [4.69, 9.17) is 0 Å². The molecule has 0 aliphatic carbocycles. The van der Waals surface area contributed by atoms with Crippen molar-refractivity contribution >= 4 is 23.0 Å². The van der Waals surface area contributed by atoms with Crippen molar-refractivity contribution in [2.45, 2.75) is 0 Å². The van der Waals surface area contributed by atoms with Crippen molar-refractivity contribution in [3.63, 3.8) is 0 Å². The predicted molar refractivity (Wildman–Crippen MR) is 63.8 cm³/mol. The topological polar surface area (TPSA) is 49.0 Å². The smallest absolute Gasteiger partial charge is 0.246 e. The molecule has 0 saturated heterocycles. The Balaban J connectivity index is 2.31. The number of fused-ring (bicyclic) bond motifs is 1. The Hall–Kier alpha value is -2.10. The molecule has 0 aromatic carbocycles. The lowest BCUT2D eigenvalue weighted by Crippen LogP contribution is -2.18. The van der Waals surface area contributed by atoms with Crippen LogP contribution in [0, 0.1) is 0 Å². The van der Waals surface area contributed by atoms with Gasteiger partial charge in [-0.25, -0.2) is 4.98 Å². The monoisotopic (exact) mass is 215 g/mol. The molecule has 0 fully saturated rings. The molecule has 16 heavy (non-hydrogen) atoms. The number of carbonyl (C=O) groups is 1. The van der Waals surface area contributed by atoms with Crippen LogP contribution in [0.5, 0.6) is 0 Å². The second kappa shape index (κ2) is 4.18. The summed E-state index contributed by atoms with van der Waals surface area (Å²) in [7, 11) is 3.45. The zero-order valence-electron chi connectivity index (χ0n) is 9.27. The zero-order chi connectivity index (χ0) is 11.5. The van der Waals surface area contributed by atoms with Gasteiger partial charge in [0.1, 0.15) is 5.65 Å². The molecule has 4 heteroatoms. The van der Waals surface area contributed by atoms with Gasteiger partial charge in [0.05, 0.1) is 0 Å². The Morgan fingerprint density at radius 2 is 2.31 bits per heavy atom. The van der Waals surface area contributed by atoms with Gasteiger partial charge in [-0.1, -0.05) is 0 Å². The van der Waals surface area contributed by atoms with Gasteiger partial charge >= 0.3 is 0 Å². The highest BCUT2D eigenvalue weighted by Gasteiger charge is 2.02. The van der Waals surface area contributed by atoms with Crippen molar-refractivity contribution in [2.24, 2.45) is 0 Å². The van der Waals surface area contributed by atoms with Crippen molar-refractivity contribution in [3.8, 4) is 0 Å². The van der Waals surface area contributed by atoms with Gasteiger partial charge in [0.25, 0.3) is 0 Å². The molecular weight excluding hydrogens is 202 g/mol. The Bertz CT molecular complexity index is 540. The maximum atomic E-state index is 11.4. The van der Waals surface area contributed by atoms with Crippen LogP contribution in [0.25, 0.3) is 17.1 Å². The highest BCUT2D eigenvalue weighted by molar-refractivity contribution is 5.95. The number of likely N-dealkylation sites (N-methyl/N-ethyl adjacent to an activating group) is 1. The van der Waals surface area contributed by atoms with Crippen LogP contribution in [-0.2, 0) is 4.79 Å². The lowest BCUT2D eigenvalue weighted by atomic mass is 10.2. The van der Waals surface area contributed by atoms with Gasteiger partial charge in [-0.2, -0.15) is 0 Å². The van der Waals surface area contributed by atoms with E-state index in [9.17, 15) is 4.79 Å². The molecule has 0 aliphatic rings. The standard InChI is InChI=1S/C12H13N3O/c1-15(2)11(16)6-5-9-8-14-12-10(9)4-3-7-13-12/h3-8H,1-2H3,(H,13,14)/b6-5+. The molecular formula is C12H13N3O. The van der Waals surface area contributed by atoms with Gasteiger partial charge < -0.3 is 9.88 Å². The van der Waals surface area contributed by atoms with E-state index in [1.165, 1.54) is 4.90 Å². The lowest BCUT2D eigenvalue weighted by Gasteiger charge is -2.04. The number of nitrogens with one attached hydrogen (secondary N) is 1. The van der Waals surface area contributed by atoms with E-state index in [0.29, 0.717) is 0 Å². The van der Waals surface area contributed by atoms with E-state index < -0.39 is 0 Å². The molecule has 82 valence electrons. The van der Waals surface area contributed by atoms with Crippen molar-refractivity contribution in [3.05, 3.63) is 36.2 Å². The molecule has 0 bridgehead atoms. The maximum absolute atomic E-state index is 11.4. The van der Waals surface area contributed by atoms with Gasteiger partial charge in [-0.05, 0) is 18.2 Å². The Morgan fingerprint density at radius 3 is 3.06 bits per heavy atom. The van der Waals surface area contributed by atoms with E-state index >= 15 is 0 Å². The van der Waals surface area contributed by atoms with Crippen LogP contribution in [0.4, 0.5) is 0 Å². The van der Waals surface area contributed by atoms with Crippen molar-refractivity contribution < 1.29 is 4.79 Å². The molecule has 2 heterocycles. The fraction of sp³-hybridized carbons (Fsp3) is 0.167. The van der Waals surface area contributed by atoms with Crippen LogP contribution in [0.15, 0.2) is 30.6 Å². The van der Waals surface area contributed by atoms with Crippen molar-refractivity contribution in [1.82, 2.24) is 14.9 Å². The molecule has 4 nitrogen and oxygen atoms in total. The number of aromatic nitrogens is 2. The summed E-state index contributed by atoms with van der Waals surface area (Å²) in [5.41, 5.74) is 1.80. The molecule has 0 atom stereocenters. The van der Waals surface area contributed by atoms with E-state index in [2.05, 4.69) is 9.97 Å². The van der Waals surface area contributed by atoms with Crippen LogP contribution >= 0.6 is 0 Å². The molecule has 0 saturated carbocycles. The third-order valence-corrected chi connectivity index (χ3v) is 2.33. The number of H-pyrrole nitrogens is 1. The summed E-state index contributed by atoms with van der Waals surface area (Å²) < 4.78 is 0. The Morgan fingerprint density at radius 1 is 1.50 bits per heavy atom. The first-order chi connectivity index (χ1) is 7.68. The summed E-state index contributed by atoms with van der Waals surface area (Å²) in [6.07, 6.45) is 6.92. The minimum Gasteiger partial charge on any atom is -0.346 e. The maximum Gasteiger partial charge on any atom is 0.246 e. The van der Waals surface area contributed by atoms with Gasteiger partial charge in [-0.15, -0.1) is 0 Å². The highest BCUT2D eigenvalue weighted by Crippen LogP contribution is 2.16.